The van der Waals surface area contributed by atoms with E-state index in [1.165, 1.54) is 143 Å². The maximum Gasteiger partial charge on any atom is -0.000718 e. The first kappa shape index (κ1) is 30.3. The van der Waals surface area contributed by atoms with Crippen molar-refractivity contribution in [1.82, 2.24) is 0 Å². The van der Waals surface area contributed by atoms with Crippen molar-refractivity contribution in [2.45, 2.75) is 13.8 Å². The number of hydrogen-bond donors (Lipinski definition) is 0. The van der Waals surface area contributed by atoms with Gasteiger partial charge in [-0.25, -0.2) is 0 Å². The summed E-state index contributed by atoms with van der Waals surface area (Å²) in [6.45, 7) is 4.48. The van der Waals surface area contributed by atoms with E-state index in [1.807, 2.05) is 0 Å². The molecule has 0 saturated carbocycles. The Labute approximate surface area is 325 Å². The second kappa shape index (κ2) is 10.8. The lowest BCUT2D eigenvalue weighted by Crippen LogP contribution is -1.96. The van der Waals surface area contributed by atoms with Crippen molar-refractivity contribution < 1.29 is 0 Å². The Morgan fingerprint density at radius 3 is 1.23 bits per heavy atom. The van der Waals surface area contributed by atoms with Crippen LogP contribution in [-0.4, -0.2) is 0 Å². The third-order valence-corrected chi connectivity index (χ3v) is 13.1. The van der Waals surface area contributed by atoms with Crippen molar-refractivity contribution in [1.29, 1.82) is 0 Å². The van der Waals surface area contributed by atoms with Crippen molar-refractivity contribution in [3.8, 4) is 77.9 Å². The van der Waals surface area contributed by atoms with Crippen LogP contribution in [0, 0.1) is 13.8 Å². The van der Waals surface area contributed by atoms with Crippen molar-refractivity contribution >= 4 is 53.9 Å². The van der Waals surface area contributed by atoms with Crippen LogP contribution in [0.4, 0.5) is 0 Å². The molecular formula is C56H34. The zero-order chi connectivity index (χ0) is 36.8. The average molecular weight is 707 g/mol. The molecular weight excluding hydrogens is 673 g/mol. The van der Waals surface area contributed by atoms with Gasteiger partial charge in [-0.1, -0.05) is 175 Å². The monoisotopic (exact) mass is 706 g/mol. The number of fused-ring (bicyclic) bond motifs is 9. The molecule has 11 aromatic rings. The fourth-order valence-corrected chi connectivity index (χ4v) is 10.9. The topological polar surface area (TPSA) is 0 Å². The molecule has 0 heteroatoms. The fourth-order valence-electron chi connectivity index (χ4n) is 10.9. The highest BCUT2D eigenvalue weighted by Gasteiger charge is 2.33. The van der Waals surface area contributed by atoms with Crippen LogP contribution in [0.5, 0.6) is 0 Å². The predicted octanol–water partition coefficient (Wildman–Crippen LogP) is 15.8. The molecule has 0 aromatic heterocycles. The quantitative estimate of drug-likeness (QED) is 0.127. The molecule has 0 bridgehead atoms. The van der Waals surface area contributed by atoms with E-state index in [1.54, 1.807) is 0 Å². The summed E-state index contributed by atoms with van der Waals surface area (Å²) in [5.74, 6) is 0. The molecule has 0 N–H and O–H groups in total. The summed E-state index contributed by atoms with van der Waals surface area (Å²) in [4.78, 5) is 0. The summed E-state index contributed by atoms with van der Waals surface area (Å²) in [6, 6.07) is 64.3. The first-order chi connectivity index (χ1) is 27.7. The van der Waals surface area contributed by atoms with E-state index in [0.29, 0.717) is 0 Å². The van der Waals surface area contributed by atoms with Crippen molar-refractivity contribution in [3.63, 3.8) is 0 Å². The Hall–Kier alpha value is -7.02. The Kier molecular flexibility index (Phi) is 5.85. The van der Waals surface area contributed by atoms with Gasteiger partial charge in [-0.05, 0) is 151 Å². The molecule has 0 nitrogen and oxygen atoms in total. The average Bonchev–Trinajstić information content (AvgIpc) is 3.76. The second-order valence-electron chi connectivity index (χ2n) is 16.0. The maximum absolute atomic E-state index is 2.45. The summed E-state index contributed by atoms with van der Waals surface area (Å²) in [6.07, 6.45) is 0. The van der Waals surface area contributed by atoms with E-state index in [2.05, 4.69) is 184 Å². The minimum atomic E-state index is 1.23. The number of rotatable bonds is 3. The van der Waals surface area contributed by atoms with Crippen LogP contribution in [0.1, 0.15) is 11.1 Å². The van der Waals surface area contributed by atoms with Gasteiger partial charge in [0.25, 0.3) is 0 Å². The zero-order valence-corrected chi connectivity index (χ0v) is 31.2. The van der Waals surface area contributed by atoms with Gasteiger partial charge in [0, 0.05) is 0 Å². The van der Waals surface area contributed by atoms with E-state index < -0.39 is 0 Å². The standard InChI is InChI=1S/C56H34/c1-31-20-21-34(32(2)30-31)49-39-18-10-11-19-40(39)53(38-17-9-6-14-35(38)33-12-4-3-5-13-33)56-48-29-27-46-44-25-23-42-37-16-8-7-15-36(37)41-22-24-43(51(44)50(41)42)45-26-28-47(55(49)56)54(48)52(45)46/h3-30H,1-2H3. The summed E-state index contributed by atoms with van der Waals surface area (Å²) in [5.41, 5.74) is 21.0. The van der Waals surface area contributed by atoms with Crippen molar-refractivity contribution in [3.05, 3.63) is 181 Å². The summed E-state index contributed by atoms with van der Waals surface area (Å²) < 4.78 is 0. The summed E-state index contributed by atoms with van der Waals surface area (Å²) in [5, 5.41) is 13.5. The van der Waals surface area contributed by atoms with Gasteiger partial charge in [0.2, 0.25) is 0 Å². The van der Waals surface area contributed by atoms with Gasteiger partial charge in [-0.3, -0.25) is 0 Å². The molecule has 2 aliphatic rings. The Bertz CT molecular complexity index is 3450. The molecule has 0 spiro atoms. The molecule has 0 unspecified atom stereocenters. The van der Waals surface area contributed by atoms with Gasteiger partial charge >= 0.3 is 0 Å². The van der Waals surface area contributed by atoms with Crippen molar-refractivity contribution in [2.75, 3.05) is 0 Å². The highest BCUT2D eigenvalue weighted by molar-refractivity contribution is 6.41. The maximum atomic E-state index is 2.45. The molecule has 258 valence electrons. The minimum absolute atomic E-state index is 1.23. The molecule has 0 fully saturated rings. The van der Waals surface area contributed by atoms with Gasteiger partial charge in [0.05, 0.1) is 0 Å². The fraction of sp³-hybridized carbons (Fsp3) is 0.0357. The third kappa shape index (κ3) is 3.74. The number of aryl methyl sites for hydroxylation is 2. The predicted molar refractivity (Wildman–Crippen MR) is 240 cm³/mol. The van der Waals surface area contributed by atoms with Gasteiger partial charge in [0.15, 0.2) is 0 Å². The molecule has 0 heterocycles. The molecule has 13 rings (SSSR count). The van der Waals surface area contributed by atoms with E-state index in [9.17, 15) is 0 Å². The highest BCUT2D eigenvalue weighted by Crippen LogP contribution is 2.61. The van der Waals surface area contributed by atoms with Gasteiger partial charge in [0.1, 0.15) is 0 Å². The first-order valence-electron chi connectivity index (χ1n) is 19.8. The molecule has 56 heavy (non-hydrogen) atoms. The van der Waals surface area contributed by atoms with Crippen LogP contribution in [0.3, 0.4) is 0 Å². The van der Waals surface area contributed by atoms with Gasteiger partial charge in [-0.2, -0.15) is 0 Å². The van der Waals surface area contributed by atoms with Crippen LogP contribution < -0.4 is 0 Å². The Morgan fingerprint density at radius 2 is 0.679 bits per heavy atom. The molecule has 2 aliphatic carbocycles. The molecule has 0 saturated heterocycles. The second-order valence-corrected chi connectivity index (χ2v) is 16.0. The van der Waals surface area contributed by atoms with E-state index in [-0.39, 0.29) is 0 Å². The smallest absolute Gasteiger partial charge is 0.000718 e. The molecule has 0 amide bonds. The SMILES string of the molecule is Cc1ccc(-c2c3c(c(-c4ccccc4-c4ccccc4)c4ccccc24)-c2ccc4c5ccc6c7c(ccc(c8ccc-3c2c84)c75)-c2ccccc2-6)c(C)c1. The number of benzene rings is 11. The third-order valence-electron chi connectivity index (χ3n) is 13.1. The van der Waals surface area contributed by atoms with E-state index >= 15 is 0 Å². The van der Waals surface area contributed by atoms with Crippen LogP contribution in [0.25, 0.3) is 132 Å². The van der Waals surface area contributed by atoms with Gasteiger partial charge < -0.3 is 0 Å². The normalized spacial score (nSPS) is 12.5. The largest absolute Gasteiger partial charge is 0.0622 e. The highest BCUT2D eigenvalue weighted by atomic mass is 14.4. The Morgan fingerprint density at radius 1 is 0.250 bits per heavy atom. The van der Waals surface area contributed by atoms with Crippen LogP contribution >= 0.6 is 0 Å². The summed E-state index contributed by atoms with van der Waals surface area (Å²) >= 11 is 0. The van der Waals surface area contributed by atoms with Gasteiger partial charge in [-0.15, -0.1) is 0 Å². The molecule has 11 aromatic carbocycles. The Balaban J connectivity index is 1.22. The lowest BCUT2D eigenvalue weighted by Gasteiger charge is -2.23. The first-order valence-corrected chi connectivity index (χ1v) is 19.8. The number of hydrogen-bond acceptors (Lipinski definition) is 0. The molecule has 0 aliphatic heterocycles. The lowest BCUT2D eigenvalue weighted by molar-refractivity contribution is 1.39. The minimum Gasteiger partial charge on any atom is -0.0622 e. The van der Waals surface area contributed by atoms with Crippen LogP contribution in [-0.2, 0) is 0 Å². The van der Waals surface area contributed by atoms with E-state index in [0.717, 1.165) is 0 Å². The molecule has 0 atom stereocenters. The van der Waals surface area contributed by atoms with Crippen LogP contribution in [0.15, 0.2) is 170 Å². The zero-order valence-electron chi connectivity index (χ0n) is 31.2. The molecule has 0 radical (unpaired) electrons. The lowest BCUT2D eigenvalue weighted by atomic mass is 9.80. The van der Waals surface area contributed by atoms with E-state index in [4.69, 9.17) is 0 Å². The van der Waals surface area contributed by atoms with Crippen LogP contribution in [0.2, 0.25) is 0 Å². The summed E-state index contributed by atoms with van der Waals surface area (Å²) in [7, 11) is 0. The van der Waals surface area contributed by atoms with Crippen molar-refractivity contribution in [2.24, 2.45) is 0 Å².